The number of ketones is 1. The van der Waals surface area contributed by atoms with Crippen molar-refractivity contribution in [2.45, 2.75) is 19.4 Å². The number of aliphatic hydroxyl groups is 1. The zero-order chi connectivity index (χ0) is 26.1. The van der Waals surface area contributed by atoms with Crippen molar-refractivity contribution in [3.63, 3.8) is 0 Å². The second-order valence-corrected chi connectivity index (χ2v) is 10.7. The first-order valence-electron chi connectivity index (χ1n) is 11.7. The van der Waals surface area contributed by atoms with Gasteiger partial charge < -0.3 is 14.6 Å². The fourth-order valence-corrected chi connectivity index (χ4v) is 5.58. The van der Waals surface area contributed by atoms with Crippen molar-refractivity contribution in [2.24, 2.45) is 0 Å². The van der Waals surface area contributed by atoms with E-state index in [-0.39, 0.29) is 11.3 Å². The molecule has 0 saturated carbocycles. The number of hydrogen-bond acceptors (Lipinski definition) is 7. The smallest absolute Gasteiger partial charge is 0.301 e. The van der Waals surface area contributed by atoms with Crippen molar-refractivity contribution in [1.82, 2.24) is 4.98 Å². The number of halogens is 1. The number of rotatable bonds is 7. The molecular formula is C28H23IN2O5S. The molecule has 1 fully saturated rings. The highest BCUT2D eigenvalue weighted by atomic mass is 127. The number of nitrogens with zero attached hydrogens (tertiary/aromatic N) is 2. The van der Waals surface area contributed by atoms with E-state index in [0.717, 1.165) is 14.7 Å². The third-order valence-corrected chi connectivity index (χ3v) is 7.76. The summed E-state index contributed by atoms with van der Waals surface area (Å²) in [5.74, 6) is -0.402. The predicted octanol–water partition coefficient (Wildman–Crippen LogP) is 6.32. The van der Waals surface area contributed by atoms with Gasteiger partial charge in [-0.2, -0.15) is 0 Å². The maximum absolute atomic E-state index is 13.4. The molecule has 0 radical (unpaired) electrons. The zero-order valence-corrected chi connectivity index (χ0v) is 23.1. The lowest BCUT2D eigenvalue weighted by Gasteiger charge is -2.23. The summed E-state index contributed by atoms with van der Waals surface area (Å²) in [7, 11) is 1.58. The quantitative estimate of drug-likeness (QED) is 0.112. The Hall–Kier alpha value is -3.44. The Bertz CT molecular complexity index is 1510. The van der Waals surface area contributed by atoms with Gasteiger partial charge in [0.1, 0.15) is 17.3 Å². The molecule has 1 atom stereocenters. The number of methoxy groups -OCH3 is 1. The van der Waals surface area contributed by atoms with Gasteiger partial charge in [0.2, 0.25) is 0 Å². The lowest BCUT2D eigenvalue weighted by molar-refractivity contribution is -0.132. The SMILES string of the molecule is CCCOc1ccc(/C(O)=C2\C(=O)C(=O)N(c3nc4ccc(OC)cc4s3)C2c2ccc(I)cc2)cc1. The van der Waals surface area contributed by atoms with Crippen LogP contribution >= 0.6 is 33.9 Å². The summed E-state index contributed by atoms with van der Waals surface area (Å²) in [6, 6.07) is 19.0. The average molecular weight is 626 g/mol. The first-order valence-corrected chi connectivity index (χ1v) is 13.5. The van der Waals surface area contributed by atoms with Gasteiger partial charge in [-0.25, -0.2) is 4.98 Å². The fourth-order valence-electron chi connectivity index (χ4n) is 4.20. The van der Waals surface area contributed by atoms with Gasteiger partial charge in [0.15, 0.2) is 5.13 Å². The molecule has 9 heteroatoms. The third-order valence-electron chi connectivity index (χ3n) is 6.02. The molecule has 3 aromatic carbocycles. The molecule has 37 heavy (non-hydrogen) atoms. The molecule has 0 bridgehead atoms. The number of carbonyl (C=O) groups excluding carboxylic acids is 2. The van der Waals surface area contributed by atoms with Crippen molar-refractivity contribution >= 4 is 66.7 Å². The van der Waals surface area contributed by atoms with Gasteiger partial charge in [0.05, 0.1) is 35.5 Å². The van der Waals surface area contributed by atoms with Crippen molar-refractivity contribution in [3.05, 3.63) is 87.0 Å². The number of benzene rings is 3. The highest BCUT2D eigenvalue weighted by molar-refractivity contribution is 14.1. The minimum Gasteiger partial charge on any atom is -0.507 e. The Morgan fingerprint density at radius 2 is 1.76 bits per heavy atom. The van der Waals surface area contributed by atoms with Gasteiger partial charge in [-0.3, -0.25) is 14.5 Å². The Kier molecular flexibility index (Phi) is 7.16. The lowest BCUT2D eigenvalue weighted by atomic mass is 9.95. The molecule has 7 nitrogen and oxygen atoms in total. The van der Waals surface area contributed by atoms with Gasteiger partial charge >= 0.3 is 5.91 Å². The van der Waals surface area contributed by atoms with E-state index in [0.29, 0.717) is 39.9 Å². The summed E-state index contributed by atoms with van der Waals surface area (Å²) in [6.07, 6.45) is 0.875. The molecule has 188 valence electrons. The highest BCUT2D eigenvalue weighted by Gasteiger charge is 2.48. The maximum atomic E-state index is 13.4. The van der Waals surface area contributed by atoms with Crippen LogP contribution < -0.4 is 14.4 Å². The maximum Gasteiger partial charge on any atom is 0.301 e. The molecule has 0 spiro atoms. The van der Waals surface area contributed by atoms with Gasteiger partial charge in [-0.1, -0.05) is 30.4 Å². The number of amides is 1. The number of anilines is 1. The van der Waals surface area contributed by atoms with Crippen molar-refractivity contribution < 1.29 is 24.2 Å². The minimum absolute atomic E-state index is 0.0188. The number of hydrogen-bond donors (Lipinski definition) is 1. The number of carbonyl (C=O) groups is 2. The standard InChI is InChI=1S/C28H23IN2O5S/c1-3-14-36-19-10-6-17(7-11-19)25(32)23-24(16-4-8-18(29)9-5-16)31(27(34)26(23)33)28-30-21-13-12-20(35-2)15-22(21)37-28/h4-13,15,24,32H,3,14H2,1-2H3/b25-23+. The molecule has 1 aliphatic rings. The molecule has 5 rings (SSSR count). The largest absolute Gasteiger partial charge is 0.507 e. The monoisotopic (exact) mass is 626 g/mol. The fraction of sp³-hybridized carbons (Fsp3) is 0.179. The van der Waals surface area contributed by atoms with Crippen LogP contribution in [0.1, 0.15) is 30.5 Å². The molecule has 1 aliphatic heterocycles. The molecule has 1 aromatic heterocycles. The van der Waals surface area contributed by atoms with Crippen LogP contribution in [0.5, 0.6) is 11.5 Å². The van der Waals surface area contributed by atoms with E-state index < -0.39 is 17.7 Å². The van der Waals surface area contributed by atoms with Crippen LogP contribution in [0.2, 0.25) is 0 Å². The lowest BCUT2D eigenvalue weighted by Crippen LogP contribution is -2.29. The van der Waals surface area contributed by atoms with Crippen LogP contribution in [0.15, 0.2) is 72.3 Å². The number of ether oxygens (including phenoxy) is 2. The van der Waals surface area contributed by atoms with E-state index in [1.54, 1.807) is 37.4 Å². The van der Waals surface area contributed by atoms with Crippen molar-refractivity contribution in [3.8, 4) is 11.5 Å². The number of aliphatic hydroxyl groups excluding tert-OH is 1. The average Bonchev–Trinajstić information content (AvgIpc) is 3.45. The number of fused-ring (bicyclic) bond motifs is 1. The third kappa shape index (κ3) is 4.80. The Balaban J connectivity index is 1.64. The van der Waals surface area contributed by atoms with E-state index in [9.17, 15) is 14.7 Å². The van der Waals surface area contributed by atoms with Gasteiger partial charge in [0.25, 0.3) is 5.78 Å². The molecule has 0 aliphatic carbocycles. The van der Waals surface area contributed by atoms with E-state index in [1.807, 2.05) is 43.3 Å². The first kappa shape index (κ1) is 25.2. The molecule has 1 unspecified atom stereocenters. The zero-order valence-electron chi connectivity index (χ0n) is 20.1. The molecule has 1 N–H and O–H groups in total. The van der Waals surface area contributed by atoms with Crippen molar-refractivity contribution in [1.29, 1.82) is 0 Å². The first-order chi connectivity index (χ1) is 17.9. The second kappa shape index (κ2) is 10.5. The number of aromatic nitrogens is 1. The van der Waals surface area contributed by atoms with Gasteiger partial charge in [0, 0.05) is 9.13 Å². The minimum atomic E-state index is -0.838. The summed E-state index contributed by atoms with van der Waals surface area (Å²) in [5.41, 5.74) is 1.82. The van der Waals surface area contributed by atoms with E-state index in [4.69, 9.17) is 9.47 Å². The molecule has 1 amide bonds. The Labute approximate surface area is 231 Å². The highest BCUT2D eigenvalue weighted by Crippen LogP contribution is 2.44. The summed E-state index contributed by atoms with van der Waals surface area (Å²) < 4.78 is 12.8. The predicted molar refractivity (Wildman–Crippen MR) is 152 cm³/mol. The topological polar surface area (TPSA) is 89.0 Å². The summed E-state index contributed by atoms with van der Waals surface area (Å²) in [6.45, 7) is 2.60. The Morgan fingerprint density at radius 1 is 1.05 bits per heavy atom. The van der Waals surface area contributed by atoms with Crippen LogP contribution in [0.3, 0.4) is 0 Å². The summed E-state index contributed by atoms with van der Waals surface area (Å²) >= 11 is 3.49. The van der Waals surface area contributed by atoms with Crippen LogP contribution in [-0.2, 0) is 9.59 Å². The van der Waals surface area contributed by atoms with Crippen LogP contribution in [-0.4, -0.2) is 35.5 Å². The van der Waals surface area contributed by atoms with Crippen molar-refractivity contribution in [2.75, 3.05) is 18.6 Å². The normalized spacial score (nSPS) is 16.9. The van der Waals surface area contributed by atoms with Gasteiger partial charge in [-0.05, 0) is 89.2 Å². The van der Waals surface area contributed by atoms with Gasteiger partial charge in [-0.15, -0.1) is 0 Å². The molecule has 1 saturated heterocycles. The summed E-state index contributed by atoms with van der Waals surface area (Å²) in [4.78, 5) is 32.9. The van der Waals surface area contributed by atoms with Crippen LogP contribution in [0.25, 0.3) is 16.0 Å². The molecule has 4 aromatic rings. The number of thiazole rings is 1. The molecule has 2 heterocycles. The summed E-state index contributed by atoms with van der Waals surface area (Å²) in [5, 5.41) is 11.7. The second-order valence-electron chi connectivity index (χ2n) is 8.42. The van der Waals surface area contributed by atoms with E-state index in [1.165, 1.54) is 16.2 Å². The van der Waals surface area contributed by atoms with Crippen LogP contribution in [0, 0.1) is 3.57 Å². The van der Waals surface area contributed by atoms with E-state index in [2.05, 4.69) is 27.6 Å². The van der Waals surface area contributed by atoms with Crippen LogP contribution in [0.4, 0.5) is 5.13 Å². The van der Waals surface area contributed by atoms with E-state index >= 15 is 0 Å². The molecular weight excluding hydrogens is 603 g/mol. The Morgan fingerprint density at radius 3 is 2.43 bits per heavy atom. The number of Topliss-reactive ketones (excluding diaryl/α,β-unsaturated/α-hetero) is 1.